The van der Waals surface area contributed by atoms with Crippen LogP contribution in [0.4, 0.5) is 0 Å². The molecule has 1 saturated carbocycles. The summed E-state index contributed by atoms with van der Waals surface area (Å²) in [6.45, 7) is 1.92. The summed E-state index contributed by atoms with van der Waals surface area (Å²) < 4.78 is 0. The molecular formula is C20H13O4-. The molecule has 4 atom stereocenters. The maximum atomic E-state index is 12.9. The molecule has 0 aromatic heterocycles. The Kier molecular flexibility index (Phi) is 2.39. The Bertz CT molecular complexity index is 972. The fourth-order valence-corrected chi connectivity index (χ4v) is 5.11. The van der Waals surface area contributed by atoms with Crippen LogP contribution in [-0.2, 0) is 0 Å². The van der Waals surface area contributed by atoms with Crippen LogP contribution in [0.15, 0.2) is 36.4 Å². The van der Waals surface area contributed by atoms with Gasteiger partial charge < -0.3 is 9.90 Å². The molecule has 4 heteroatoms. The van der Waals surface area contributed by atoms with Crippen molar-refractivity contribution in [3.63, 3.8) is 0 Å². The molecule has 2 aromatic carbocycles. The minimum absolute atomic E-state index is 0.0538. The molecule has 3 aliphatic carbocycles. The van der Waals surface area contributed by atoms with Crippen LogP contribution in [0.3, 0.4) is 0 Å². The number of carbonyl (C=O) groups is 3. The van der Waals surface area contributed by atoms with Gasteiger partial charge in [-0.05, 0) is 23.6 Å². The summed E-state index contributed by atoms with van der Waals surface area (Å²) in [6, 6.07) is 10.6. The number of fused-ring (bicyclic) bond motifs is 8. The Morgan fingerprint density at radius 2 is 1.38 bits per heavy atom. The third-order valence-corrected chi connectivity index (χ3v) is 5.99. The molecule has 3 aliphatic rings. The molecule has 1 fully saturated rings. The van der Waals surface area contributed by atoms with Crippen LogP contribution < -0.4 is 5.11 Å². The standard InChI is InChI=1S/C20H14O4/c1-8-4-2-5-9-12(8)18(21)16-14(9)17-15(16)10-6-3-7-11(20(23)24)13(10)19(17)22/h2-7,14-17H,1H3,(H,23,24)/p-1/t14-,15+,16-,17+/m0/s1. The molecule has 0 aliphatic heterocycles. The topological polar surface area (TPSA) is 74.3 Å². The normalized spacial score (nSPS) is 28.7. The van der Waals surface area contributed by atoms with Gasteiger partial charge in [0.15, 0.2) is 11.6 Å². The summed E-state index contributed by atoms with van der Waals surface area (Å²) in [5, 5.41) is 11.4. The van der Waals surface area contributed by atoms with E-state index in [-0.39, 0.29) is 46.4 Å². The van der Waals surface area contributed by atoms with Crippen LogP contribution in [0.1, 0.15) is 59.6 Å². The molecule has 0 radical (unpaired) electrons. The minimum atomic E-state index is -1.34. The number of benzene rings is 2. The fourth-order valence-electron chi connectivity index (χ4n) is 5.11. The zero-order chi connectivity index (χ0) is 16.7. The lowest BCUT2D eigenvalue weighted by atomic mass is 9.57. The van der Waals surface area contributed by atoms with Crippen molar-refractivity contribution in [3.05, 3.63) is 69.8 Å². The summed E-state index contributed by atoms with van der Waals surface area (Å²) in [4.78, 5) is 37.2. The van der Waals surface area contributed by atoms with E-state index in [9.17, 15) is 19.5 Å². The molecule has 0 saturated heterocycles. The first-order valence-electron chi connectivity index (χ1n) is 8.04. The number of aromatic carboxylic acids is 1. The average Bonchev–Trinajstić information content (AvgIpc) is 2.89. The lowest BCUT2D eigenvalue weighted by molar-refractivity contribution is -0.255. The van der Waals surface area contributed by atoms with Gasteiger partial charge in [0, 0.05) is 40.4 Å². The molecule has 0 bridgehead atoms. The van der Waals surface area contributed by atoms with Gasteiger partial charge in [0.1, 0.15) is 0 Å². The number of hydrogen-bond acceptors (Lipinski definition) is 4. The highest BCUT2D eigenvalue weighted by Crippen LogP contribution is 2.67. The average molecular weight is 317 g/mol. The highest BCUT2D eigenvalue weighted by atomic mass is 16.4. The van der Waals surface area contributed by atoms with E-state index in [0.29, 0.717) is 5.56 Å². The molecule has 0 N–H and O–H groups in total. The maximum Gasteiger partial charge on any atom is 0.168 e. The first-order valence-corrected chi connectivity index (χ1v) is 8.04. The number of aryl methyl sites for hydroxylation is 1. The van der Waals surface area contributed by atoms with Crippen molar-refractivity contribution in [3.8, 4) is 0 Å². The molecule has 2 aromatic rings. The van der Waals surface area contributed by atoms with Gasteiger partial charge in [0.2, 0.25) is 0 Å². The first-order chi connectivity index (χ1) is 11.5. The predicted molar refractivity (Wildman–Crippen MR) is 83.1 cm³/mol. The second-order valence-electron chi connectivity index (χ2n) is 6.93. The third-order valence-electron chi connectivity index (χ3n) is 5.99. The lowest BCUT2D eigenvalue weighted by Gasteiger charge is -2.43. The molecule has 0 unspecified atom stereocenters. The Morgan fingerprint density at radius 1 is 0.833 bits per heavy atom. The van der Waals surface area contributed by atoms with Gasteiger partial charge in [0.05, 0.1) is 5.97 Å². The van der Waals surface area contributed by atoms with Gasteiger partial charge in [-0.15, -0.1) is 0 Å². The third kappa shape index (κ3) is 1.34. The Labute approximate surface area is 138 Å². The van der Waals surface area contributed by atoms with Gasteiger partial charge in [-0.1, -0.05) is 36.4 Å². The van der Waals surface area contributed by atoms with Crippen LogP contribution in [0.2, 0.25) is 0 Å². The number of carboxylic acid groups (broad SMARTS) is 1. The van der Waals surface area contributed by atoms with Crippen LogP contribution in [0.5, 0.6) is 0 Å². The SMILES string of the molecule is Cc1cccc2c1C(=O)[C@H]1[C@H]2[C@H]2C(=O)c3c(C(=O)[O-])cccc3[C@@H]21. The number of Topliss-reactive ketones (excluding diaryl/α,β-unsaturated/α-hetero) is 2. The molecule has 24 heavy (non-hydrogen) atoms. The summed E-state index contributed by atoms with van der Waals surface area (Å²) in [7, 11) is 0. The van der Waals surface area contributed by atoms with Gasteiger partial charge >= 0.3 is 0 Å². The zero-order valence-electron chi connectivity index (χ0n) is 12.9. The monoisotopic (exact) mass is 317 g/mol. The quantitative estimate of drug-likeness (QED) is 0.804. The highest BCUT2D eigenvalue weighted by molar-refractivity contribution is 6.16. The number of carbonyl (C=O) groups excluding carboxylic acids is 3. The van der Waals surface area contributed by atoms with Crippen molar-refractivity contribution in [1.29, 1.82) is 0 Å². The van der Waals surface area contributed by atoms with E-state index in [2.05, 4.69) is 0 Å². The van der Waals surface area contributed by atoms with Gasteiger partial charge in [0.25, 0.3) is 0 Å². The number of ketones is 2. The summed E-state index contributed by atoms with van der Waals surface area (Å²) >= 11 is 0. The molecule has 0 amide bonds. The fraction of sp³-hybridized carbons (Fsp3) is 0.250. The Hall–Kier alpha value is -2.75. The van der Waals surface area contributed by atoms with Crippen molar-refractivity contribution in [1.82, 2.24) is 0 Å². The van der Waals surface area contributed by atoms with Crippen molar-refractivity contribution < 1.29 is 19.5 Å². The van der Waals surface area contributed by atoms with E-state index < -0.39 is 5.97 Å². The van der Waals surface area contributed by atoms with E-state index >= 15 is 0 Å². The highest BCUT2D eigenvalue weighted by Gasteiger charge is 2.65. The van der Waals surface area contributed by atoms with Crippen molar-refractivity contribution in [2.24, 2.45) is 11.8 Å². The van der Waals surface area contributed by atoms with E-state index in [1.54, 1.807) is 12.1 Å². The molecular weight excluding hydrogens is 304 g/mol. The maximum absolute atomic E-state index is 12.9. The van der Waals surface area contributed by atoms with E-state index in [4.69, 9.17) is 0 Å². The Balaban J connectivity index is 1.70. The van der Waals surface area contributed by atoms with Gasteiger partial charge in [-0.2, -0.15) is 0 Å². The van der Waals surface area contributed by atoms with Gasteiger partial charge in [-0.3, -0.25) is 9.59 Å². The number of hydrogen-bond donors (Lipinski definition) is 0. The largest absolute Gasteiger partial charge is 0.545 e. The molecule has 0 heterocycles. The van der Waals surface area contributed by atoms with E-state index in [1.807, 2.05) is 25.1 Å². The smallest absolute Gasteiger partial charge is 0.168 e. The second-order valence-corrected chi connectivity index (χ2v) is 6.93. The molecule has 0 spiro atoms. The molecule has 4 nitrogen and oxygen atoms in total. The number of rotatable bonds is 1. The summed E-state index contributed by atoms with van der Waals surface area (Å²) in [5.74, 6) is -2.28. The van der Waals surface area contributed by atoms with Crippen LogP contribution in [-0.4, -0.2) is 17.5 Å². The number of carboxylic acids is 1. The predicted octanol–water partition coefficient (Wildman–Crippen LogP) is 1.86. The zero-order valence-corrected chi connectivity index (χ0v) is 12.9. The van der Waals surface area contributed by atoms with Crippen LogP contribution >= 0.6 is 0 Å². The van der Waals surface area contributed by atoms with Crippen LogP contribution in [0, 0.1) is 18.8 Å². The lowest BCUT2D eigenvalue weighted by Crippen LogP contribution is -2.43. The van der Waals surface area contributed by atoms with Crippen molar-refractivity contribution in [2.75, 3.05) is 0 Å². The summed E-state index contributed by atoms with van der Waals surface area (Å²) in [5.41, 5.74) is 3.55. The van der Waals surface area contributed by atoms with E-state index in [1.165, 1.54) is 6.07 Å². The first kappa shape index (κ1) is 13.7. The Morgan fingerprint density at radius 3 is 2.00 bits per heavy atom. The second kappa shape index (κ2) is 4.20. The van der Waals surface area contributed by atoms with Crippen molar-refractivity contribution >= 4 is 17.5 Å². The molecule has 5 rings (SSSR count). The molecule has 118 valence electrons. The van der Waals surface area contributed by atoms with Crippen molar-refractivity contribution in [2.45, 2.75) is 18.8 Å². The van der Waals surface area contributed by atoms with Gasteiger partial charge in [-0.25, -0.2) is 0 Å². The summed E-state index contributed by atoms with van der Waals surface area (Å²) in [6.07, 6.45) is 0. The van der Waals surface area contributed by atoms with Crippen LogP contribution in [0.25, 0.3) is 0 Å². The minimum Gasteiger partial charge on any atom is -0.545 e. The van der Waals surface area contributed by atoms with E-state index in [0.717, 1.165) is 16.7 Å².